The van der Waals surface area contributed by atoms with Crippen LogP contribution in [0.5, 0.6) is 0 Å². The fraction of sp³-hybridized carbons (Fsp3) is 0.364. The summed E-state index contributed by atoms with van der Waals surface area (Å²) < 4.78 is 0. The molecule has 0 aliphatic carbocycles. The van der Waals surface area contributed by atoms with Crippen LogP contribution in [-0.2, 0) is 0 Å². The molecule has 0 saturated heterocycles. The molecule has 0 atom stereocenters. The van der Waals surface area contributed by atoms with E-state index in [9.17, 15) is 0 Å². The van der Waals surface area contributed by atoms with Gasteiger partial charge in [-0.3, -0.25) is 4.98 Å². The zero-order valence-electron chi connectivity index (χ0n) is 8.27. The summed E-state index contributed by atoms with van der Waals surface area (Å²) in [5.41, 5.74) is 2.40. The topological polar surface area (TPSA) is 16.1 Å². The fourth-order valence-electron chi connectivity index (χ4n) is 1.66. The van der Waals surface area contributed by atoms with Crippen molar-refractivity contribution >= 4 is 18.2 Å². The smallest absolute Gasteiger partial charge is 0.0672 e. The van der Waals surface area contributed by atoms with Crippen molar-refractivity contribution in [1.82, 2.24) is 9.88 Å². The second-order valence-electron chi connectivity index (χ2n) is 3.66. The first kappa shape index (κ1) is 9.74. The molecule has 2 nitrogen and oxygen atoms in total. The van der Waals surface area contributed by atoms with Crippen LogP contribution in [0.4, 0.5) is 0 Å². The third-order valence-corrected chi connectivity index (χ3v) is 2.68. The number of nitrogens with zero attached hydrogens (tertiary/aromatic N) is 2. The number of pyridine rings is 1. The van der Waals surface area contributed by atoms with Gasteiger partial charge in [-0.05, 0) is 31.2 Å². The van der Waals surface area contributed by atoms with Gasteiger partial charge in [-0.2, -0.15) is 0 Å². The number of thiol groups is 1. The highest BCUT2D eigenvalue weighted by atomic mass is 32.1. The maximum absolute atomic E-state index is 4.37. The molecule has 0 N–H and O–H groups in total. The molecule has 0 spiro atoms. The van der Waals surface area contributed by atoms with Crippen LogP contribution >= 0.6 is 12.6 Å². The highest BCUT2D eigenvalue weighted by molar-refractivity contribution is 7.80. The molecule has 74 valence electrons. The van der Waals surface area contributed by atoms with Crippen molar-refractivity contribution in [1.29, 1.82) is 0 Å². The lowest BCUT2D eigenvalue weighted by molar-refractivity contribution is 0.372. The van der Waals surface area contributed by atoms with E-state index < -0.39 is 0 Å². The summed E-state index contributed by atoms with van der Waals surface area (Å²) in [4.78, 5) is 7.59. The average Bonchev–Trinajstić information content (AvgIpc) is 2.19. The molecular formula is C11H14N2S. The van der Waals surface area contributed by atoms with Gasteiger partial charge >= 0.3 is 0 Å². The van der Waals surface area contributed by atoms with Crippen LogP contribution < -0.4 is 0 Å². The van der Waals surface area contributed by atoms with E-state index in [-0.39, 0.29) is 0 Å². The number of hydrogen-bond donors (Lipinski definition) is 1. The van der Waals surface area contributed by atoms with E-state index in [1.807, 2.05) is 12.1 Å². The highest BCUT2D eigenvalue weighted by Gasteiger charge is 2.10. The van der Waals surface area contributed by atoms with Crippen molar-refractivity contribution in [2.24, 2.45) is 0 Å². The largest absolute Gasteiger partial charge is 0.302 e. The van der Waals surface area contributed by atoms with Gasteiger partial charge in [0.1, 0.15) is 0 Å². The molecule has 0 amide bonds. The number of hydrogen-bond acceptors (Lipinski definition) is 3. The lowest BCUT2D eigenvalue weighted by atomic mass is 10.1. The van der Waals surface area contributed by atoms with E-state index in [0.717, 1.165) is 30.1 Å². The van der Waals surface area contributed by atoms with Crippen LogP contribution in [0.25, 0.3) is 5.57 Å². The van der Waals surface area contributed by atoms with Crippen molar-refractivity contribution in [3.05, 3.63) is 30.1 Å². The molecule has 14 heavy (non-hydrogen) atoms. The van der Waals surface area contributed by atoms with Crippen LogP contribution in [0, 0.1) is 0 Å². The van der Waals surface area contributed by atoms with Crippen molar-refractivity contribution in [2.45, 2.75) is 11.3 Å². The minimum atomic E-state index is 0.915. The SMILES string of the molecule is CN1CCC=C(c2ccc(S)cn2)C1. The molecule has 0 aromatic carbocycles. The number of likely N-dealkylation sites (N-methyl/N-ethyl adjacent to an activating group) is 1. The number of aromatic nitrogens is 1. The zero-order valence-corrected chi connectivity index (χ0v) is 9.17. The van der Waals surface area contributed by atoms with Crippen molar-refractivity contribution in [3.63, 3.8) is 0 Å². The van der Waals surface area contributed by atoms with Gasteiger partial charge in [0.25, 0.3) is 0 Å². The van der Waals surface area contributed by atoms with Gasteiger partial charge in [0.2, 0.25) is 0 Å². The first-order chi connectivity index (χ1) is 6.75. The molecule has 2 heterocycles. The molecule has 1 aromatic heterocycles. The van der Waals surface area contributed by atoms with Gasteiger partial charge in [0.05, 0.1) is 5.69 Å². The van der Waals surface area contributed by atoms with Gasteiger partial charge in [-0.15, -0.1) is 12.6 Å². The molecule has 1 aliphatic heterocycles. The Kier molecular flexibility index (Phi) is 2.89. The molecular weight excluding hydrogens is 192 g/mol. The van der Waals surface area contributed by atoms with Crippen LogP contribution in [-0.4, -0.2) is 30.0 Å². The summed E-state index contributed by atoms with van der Waals surface area (Å²) in [6, 6.07) is 4.02. The normalized spacial score (nSPS) is 18.0. The Hall–Kier alpha value is -0.800. The molecule has 0 bridgehead atoms. The molecule has 0 saturated carbocycles. The second-order valence-corrected chi connectivity index (χ2v) is 4.17. The Morgan fingerprint density at radius 2 is 2.29 bits per heavy atom. The lowest BCUT2D eigenvalue weighted by Gasteiger charge is -2.22. The molecule has 3 heteroatoms. The first-order valence-electron chi connectivity index (χ1n) is 4.78. The van der Waals surface area contributed by atoms with Gasteiger partial charge < -0.3 is 4.90 Å². The van der Waals surface area contributed by atoms with Crippen molar-refractivity contribution in [2.75, 3.05) is 20.1 Å². The maximum atomic E-state index is 4.37. The van der Waals surface area contributed by atoms with Gasteiger partial charge in [0.15, 0.2) is 0 Å². The van der Waals surface area contributed by atoms with Gasteiger partial charge in [-0.25, -0.2) is 0 Å². The van der Waals surface area contributed by atoms with Crippen LogP contribution in [0.3, 0.4) is 0 Å². The lowest BCUT2D eigenvalue weighted by Crippen LogP contribution is -2.25. The quantitative estimate of drug-likeness (QED) is 0.708. The molecule has 1 aliphatic rings. The maximum Gasteiger partial charge on any atom is 0.0672 e. The molecule has 2 rings (SSSR count). The van der Waals surface area contributed by atoms with Crippen LogP contribution in [0.15, 0.2) is 29.3 Å². The predicted molar refractivity (Wildman–Crippen MR) is 61.6 cm³/mol. The standard InChI is InChI=1S/C11H14N2S/c1-13-6-2-3-9(8-13)11-5-4-10(14)7-12-11/h3-5,7,14H,2,6,8H2,1H3. The Morgan fingerprint density at radius 3 is 2.93 bits per heavy atom. The highest BCUT2D eigenvalue weighted by Crippen LogP contribution is 2.18. The van der Waals surface area contributed by atoms with Gasteiger partial charge in [-0.1, -0.05) is 6.08 Å². The monoisotopic (exact) mass is 206 g/mol. The Labute approximate surface area is 90.1 Å². The summed E-state index contributed by atoms with van der Waals surface area (Å²) in [5.74, 6) is 0. The Bertz CT molecular complexity index is 343. The third-order valence-electron chi connectivity index (χ3n) is 2.42. The Morgan fingerprint density at radius 1 is 1.43 bits per heavy atom. The van der Waals surface area contributed by atoms with E-state index in [0.29, 0.717) is 0 Å². The van der Waals surface area contributed by atoms with Gasteiger partial charge in [0, 0.05) is 24.2 Å². The van der Waals surface area contributed by atoms with E-state index >= 15 is 0 Å². The average molecular weight is 206 g/mol. The van der Waals surface area contributed by atoms with E-state index in [4.69, 9.17) is 0 Å². The molecule has 1 aromatic rings. The zero-order chi connectivity index (χ0) is 9.97. The summed E-state index contributed by atoms with van der Waals surface area (Å²) in [7, 11) is 2.14. The summed E-state index contributed by atoms with van der Waals surface area (Å²) in [6.07, 6.45) is 5.20. The Balaban J connectivity index is 2.22. The minimum Gasteiger partial charge on any atom is -0.302 e. The van der Waals surface area contributed by atoms with E-state index in [1.54, 1.807) is 6.20 Å². The molecule has 0 radical (unpaired) electrons. The minimum absolute atomic E-state index is 0.915. The summed E-state index contributed by atoms with van der Waals surface area (Å²) >= 11 is 4.22. The predicted octanol–water partition coefficient (Wildman–Crippen LogP) is 2.09. The summed E-state index contributed by atoms with van der Waals surface area (Å²) in [5, 5.41) is 0. The van der Waals surface area contributed by atoms with E-state index in [1.165, 1.54) is 5.57 Å². The third kappa shape index (κ3) is 2.16. The second kappa shape index (κ2) is 4.15. The number of rotatable bonds is 1. The van der Waals surface area contributed by atoms with Crippen molar-refractivity contribution in [3.8, 4) is 0 Å². The van der Waals surface area contributed by atoms with Crippen LogP contribution in [0.1, 0.15) is 12.1 Å². The summed E-state index contributed by atoms with van der Waals surface area (Å²) in [6.45, 7) is 2.15. The fourth-order valence-corrected chi connectivity index (χ4v) is 1.79. The van der Waals surface area contributed by atoms with Crippen molar-refractivity contribution < 1.29 is 0 Å². The molecule has 0 fully saturated rings. The van der Waals surface area contributed by atoms with E-state index in [2.05, 4.69) is 35.6 Å². The first-order valence-corrected chi connectivity index (χ1v) is 5.23. The van der Waals surface area contributed by atoms with Crippen LogP contribution in [0.2, 0.25) is 0 Å². The molecule has 0 unspecified atom stereocenters.